The molecule has 1 saturated heterocycles. The smallest absolute Gasteiger partial charge is 0.123 e. The molecule has 0 bridgehead atoms. The zero-order valence-corrected chi connectivity index (χ0v) is 15.4. The molecule has 0 unspecified atom stereocenters. The summed E-state index contributed by atoms with van der Waals surface area (Å²) in [4.78, 5) is 6.60. The van der Waals surface area contributed by atoms with Crippen LogP contribution in [0.25, 0.3) is 22.4 Å². The second-order valence-electron chi connectivity index (χ2n) is 6.82. The van der Waals surface area contributed by atoms with Gasteiger partial charge in [-0.3, -0.25) is 9.88 Å². The molecule has 3 heterocycles. The van der Waals surface area contributed by atoms with Gasteiger partial charge in [-0.05, 0) is 42.3 Å². The molecule has 0 N–H and O–H groups in total. The molecule has 1 aromatic carbocycles. The number of aryl methyl sites for hydroxylation is 1. The van der Waals surface area contributed by atoms with E-state index in [1.165, 1.54) is 12.1 Å². The summed E-state index contributed by atoms with van der Waals surface area (Å²) in [5.41, 5.74) is 4.43. The number of rotatable bonds is 6. The number of hydrogen-bond donors (Lipinski definition) is 0. The fraction of sp³-hybridized carbons (Fsp3) is 0.318. The molecule has 0 spiro atoms. The number of nitrogens with zero attached hydrogens (tertiary/aromatic N) is 3. The molecular formula is C22H24FN3O. The first kappa shape index (κ1) is 17.9. The van der Waals surface area contributed by atoms with E-state index in [0.717, 1.165) is 68.2 Å². The van der Waals surface area contributed by atoms with Crippen LogP contribution in [0.15, 0.2) is 61.1 Å². The van der Waals surface area contributed by atoms with E-state index in [4.69, 9.17) is 4.74 Å². The van der Waals surface area contributed by atoms with E-state index in [-0.39, 0.29) is 5.82 Å². The predicted octanol–water partition coefficient (Wildman–Crippen LogP) is 4.08. The summed E-state index contributed by atoms with van der Waals surface area (Å²) in [7, 11) is 0. The van der Waals surface area contributed by atoms with Gasteiger partial charge in [0.05, 0.1) is 18.9 Å². The first-order chi connectivity index (χ1) is 13.3. The predicted molar refractivity (Wildman–Crippen MR) is 105 cm³/mol. The highest BCUT2D eigenvalue weighted by molar-refractivity contribution is 5.81. The summed E-state index contributed by atoms with van der Waals surface area (Å²) in [6, 6.07) is 12.9. The van der Waals surface area contributed by atoms with E-state index in [1.807, 2.05) is 36.7 Å². The van der Waals surface area contributed by atoms with E-state index >= 15 is 0 Å². The largest absolute Gasteiger partial charge is 0.379 e. The lowest BCUT2D eigenvalue weighted by molar-refractivity contribution is 0.0369. The average molecular weight is 365 g/mol. The number of benzene rings is 1. The average Bonchev–Trinajstić information content (AvgIpc) is 3.14. The highest BCUT2D eigenvalue weighted by atomic mass is 19.1. The van der Waals surface area contributed by atoms with Crippen LogP contribution in [-0.4, -0.2) is 47.3 Å². The number of halogens is 1. The van der Waals surface area contributed by atoms with Crippen molar-refractivity contribution >= 4 is 0 Å². The first-order valence-electron chi connectivity index (χ1n) is 9.47. The van der Waals surface area contributed by atoms with Crippen LogP contribution in [0.3, 0.4) is 0 Å². The standard InChI is InChI=1S/C22H24FN3O/c23-20-4-2-18(3-5-20)21-8-13-26(22(21)19-6-9-24-10-7-19)12-1-11-25-14-16-27-17-15-25/h2-10,13H,1,11-12,14-17H2. The van der Waals surface area contributed by atoms with Gasteiger partial charge in [0.15, 0.2) is 0 Å². The van der Waals surface area contributed by atoms with Gasteiger partial charge in [-0.25, -0.2) is 4.39 Å². The minimum absolute atomic E-state index is 0.214. The molecule has 0 radical (unpaired) electrons. The number of pyridine rings is 1. The monoisotopic (exact) mass is 365 g/mol. The molecule has 1 aliphatic heterocycles. The van der Waals surface area contributed by atoms with Crippen molar-refractivity contribution in [2.75, 3.05) is 32.8 Å². The third-order valence-electron chi connectivity index (χ3n) is 5.05. The fourth-order valence-electron chi connectivity index (χ4n) is 3.64. The van der Waals surface area contributed by atoms with Crippen molar-refractivity contribution in [1.82, 2.24) is 14.5 Å². The van der Waals surface area contributed by atoms with E-state index in [1.54, 1.807) is 0 Å². The van der Waals surface area contributed by atoms with Crippen LogP contribution >= 0.6 is 0 Å². The Bertz CT molecular complexity index is 855. The van der Waals surface area contributed by atoms with Crippen molar-refractivity contribution in [1.29, 1.82) is 0 Å². The van der Waals surface area contributed by atoms with Crippen LogP contribution in [0.1, 0.15) is 6.42 Å². The molecule has 5 heteroatoms. The van der Waals surface area contributed by atoms with Gasteiger partial charge in [0, 0.05) is 55.9 Å². The molecule has 0 saturated carbocycles. The van der Waals surface area contributed by atoms with Crippen molar-refractivity contribution in [3.63, 3.8) is 0 Å². The Morgan fingerprint density at radius 3 is 2.37 bits per heavy atom. The van der Waals surface area contributed by atoms with Crippen molar-refractivity contribution in [2.24, 2.45) is 0 Å². The summed E-state index contributed by atoms with van der Waals surface area (Å²) in [6.07, 6.45) is 6.84. The molecule has 4 rings (SSSR count). The van der Waals surface area contributed by atoms with Gasteiger partial charge in [0.2, 0.25) is 0 Å². The molecule has 0 aliphatic carbocycles. The van der Waals surface area contributed by atoms with Crippen LogP contribution in [0.4, 0.5) is 4.39 Å². The zero-order chi connectivity index (χ0) is 18.5. The summed E-state index contributed by atoms with van der Waals surface area (Å²) < 4.78 is 21.1. The molecular weight excluding hydrogens is 341 g/mol. The normalized spacial score (nSPS) is 15.1. The van der Waals surface area contributed by atoms with Gasteiger partial charge in [-0.2, -0.15) is 0 Å². The number of aromatic nitrogens is 2. The van der Waals surface area contributed by atoms with Gasteiger partial charge < -0.3 is 9.30 Å². The van der Waals surface area contributed by atoms with Crippen molar-refractivity contribution in [3.8, 4) is 22.4 Å². The zero-order valence-electron chi connectivity index (χ0n) is 15.4. The van der Waals surface area contributed by atoms with E-state index < -0.39 is 0 Å². The number of morpholine rings is 1. The Hall–Kier alpha value is -2.50. The lowest BCUT2D eigenvalue weighted by Crippen LogP contribution is -2.37. The highest BCUT2D eigenvalue weighted by Gasteiger charge is 2.14. The summed E-state index contributed by atoms with van der Waals surface area (Å²) in [5.74, 6) is -0.214. The molecule has 0 atom stereocenters. The van der Waals surface area contributed by atoms with Crippen LogP contribution < -0.4 is 0 Å². The summed E-state index contributed by atoms with van der Waals surface area (Å²) >= 11 is 0. The summed E-state index contributed by atoms with van der Waals surface area (Å²) in [6.45, 7) is 5.72. The SMILES string of the molecule is Fc1ccc(-c2ccn(CCCN3CCOCC3)c2-c2ccncc2)cc1. The minimum atomic E-state index is -0.214. The highest BCUT2D eigenvalue weighted by Crippen LogP contribution is 2.33. The van der Waals surface area contributed by atoms with Crippen molar-refractivity contribution in [3.05, 3.63) is 66.9 Å². The molecule has 4 nitrogen and oxygen atoms in total. The van der Waals surface area contributed by atoms with Gasteiger partial charge in [-0.15, -0.1) is 0 Å². The quantitative estimate of drug-likeness (QED) is 0.659. The van der Waals surface area contributed by atoms with E-state index in [2.05, 4.69) is 26.7 Å². The maximum Gasteiger partial charge on any atom is 0.123 e. The van der Waals surface area contributed by atoms with Crippen LogP contribution in [0.5, 0.6) is 0 Å². The Balaban J connectivity index is 1.58. The van der Waals surface area contributed by atoms with Crippen LogP contribution in [0.2, 0.25) is 0 Å². The second-order valence-corrected chi connectivity index (χ2v) is 6.82. The van der Waals surface area contributed by atoms with Crippen LogP contribution in [-0.2, 0) is 11.3 Å². The van der Waals surface area contributed by atoms with E-state index in [9.17, 15) is 4.39 Å². The fourth-order valence-corrected chi connectivity index (χ4v) is 3.64. The molecule has 0 amide bonds. The topological polar surface area (TPSA) is 30.3 Å². The van der Waals surface area contributed by atoms with E-state index in [0.29, 0.717) is 0 Å². The Kier molecular flexibility index (Phi) is 5.61. The Morgan fingerprint density at radius 1 is 0.889 bits per heavy atom. The van der Waals surface area contributed by atoms with Crippen molar-refractivity contribution in [2.45, 2.75) is 13.0 Å². The number of hydrogen-bond acceptors (Lipinski definition) is 3. The number of ether oxygens (including phenoxy) is 1. The lowest BCUT2D eigenvalue weighted by Gasteiger charge is -2.26. The summed E-state index contributed by atoms with van der Waals surface area (Å²) in [5, 5.41) is 0. The minimum Gasteiger partial charge on any atom is -0.379 e. The third-order valence-corrected chi connectivity index (χ3v) is 5.05. The molecule has 3 aromatic rings. The van der Waals surface area contributed by atoms with Gasteiger partial charge >= 0.3 is 0 Å². The molecule has 2 aromatic heterocycles. The third kappa shape index (κ3) is 4.26. The van der Waals surface area contributed by atoms with Gasteiger partial charge in [0.1, 0.15) is 5.82 Å². The molecule has 140 valence electrons. The Morgan fingerprint density at radius 2 is 1.63 bits per heavy atom. The lowest BCUT2D eigenvalue weighted by atomic mass is 10.0. The van der Waals surface area contributed by atoms with Gasteiger partial charge in [-0.1, -0.05) is 12.1 Å². The Labute approximate surface area is 159 Å². The first-order valence-corrected chi connectivity index (χ1v) is 9.47. The maximum atomic E-state index is 13.3. The van der Waals surface area contributed by atoms with Crippen LogP contribution in [0, 0.1) is 5.82 Å². The molecule has 1 fully saturated rings. The second kappa shape index (κ2) is 8.46. The molecule has 1 aliphatic rings. The van der Waals surface area contributed by atoms with Gasteiger partial charge in [0.25, 0.3) is 0 Å². The maximum absolute atomic E-state index is 13.3. The van der Waals surface area contributed by atoms with Crippen molar-refractivity contribution < 1.29 is 9.13 Å². The molecule has 27 heavy (non-hydrogen) atoms.